The van der Waals surface area contributed by atoms with Crippen molar-refractivity contribution >= 4 is 29.4 Å². The Kier molecular flexibility index (Phi) is 6.20. The Morgan fingerprint density at radius 2 is 1.67 bits per heavy atom. The summed E-state index contributed by atoms with van der Waals surface area (Å²) in [6.45, 7) is 1.49. The molecule has 0 spiro atoms. The van der Waals surface area contributed by atoms with Crippen LogP contribution in [-0.2, 0) is 19.1 Å². The van der Waals surface area contributed by atoms with Gasteiger partial charge in [-0.1, -0.05) is 19.3 Å². The monoisotopic (exact) mass is 411 g/mol. The summed E-state index contributed by atoms with van der Waals surface area (Å²) in [5.74, 6) is -1.65. The van der Waals surface area contributed by atoms with Gasteiger partial charge in [-0.05, 0) is 44.0 Å². The van der Waals surface area contributed by atoms with E-state index in [1.807, 2.05) is 0 Å². The van der Waals surface area contributed by atoms with Crippen molar-refractivity contribution in [3.63, 3.8) is 0 Å². The van der Waals surface area contributed by atoms with Crippen molar-refractivity contribution in [1.29, 1.82) is 5.26 Å². The minimum atomic E-state index is -1.05. The number of amides is 3. The maximum absolute atomic E-state index is 12.8. The Hall–Kier alpha value is -3.21. The molecule has 1 aromatic rings. The average molecular weight is 411 g/mol. The normalized spacial score (nSPS) is 19.2. The first-order valence-electron chi connectivity index (χ1n) is 10.1. The average Bonchev–Trinajstić information content (AvgIpc) is 3.11. The molecule has 0 unspecified atom stereocenters. The quantitative estimate of drug-likeness (QED) is 0.544. The molecular weight excluding hydrogens is 386 g/mol. The highest BCUT2D eigenvalue weighted by Gasteiger charge is 2.40. The number of ether oxygens (including phenoxy) is 1. The highest BCUT2D eigenvalue weighted by atomic mass is 16.5. The van der Waals surface area contributed by atoms with Crippen LogP contribution in [0.5, 0.6) is 0 Å². The number of hydrogen-bond donors (Lipinski definition) is 0. The number of esters is 1. The molecule has 1 atom stereocenters. The van der Waals surface area contributed by atoms with E-state index in [2.05, 4.69) is 6.07 Å². The van der Waals surface area contributed by atoms with E-state index in [9.17, 15) is 24.4 Å². The van der Waals surface area contributed by atoms with Crippen LogP contribution in [0.1, 0.15) is 62.2 Å². The lowest BCUT2D eigenvalue weighted by molar-refractivity contribution is -0.143. The van der Waals surface area contributed by atoms with Crippen molar-refractivity contribution in [2.24, 2.45) is 0 Å². The van der Waals surface area contributed by atoms with Crippen LogP contribution in [0.25, 0.3) is 0 Å². The predicted octanol–water partition coefficient (Wildman–Crippen LogP) is 2.57. The SMILES string of the molecule is C[C@H](OC(=O)c1ccc(N2C(=O)CCC2=O)cc1)C(=O)N(C)C1(C#N)CCCCC1. The van der Waals surface area contributed by atoms with E-state index < -0.39 is 23.5 Å². The van der Waals surface area contributed by atoms with Gasteiger partial charge in [0.1, 0.15) is 5.54 Å². The van der Waals surface area contributed by atoms with Crippen molar-refractivity contribution in [3.05, 3.63) is 29.8 Å². The summed E-state index contributed by atoms with van der Waals surface area (Å²) in [6.07, 6.45) is 3.35. The Labute approximate surface area is 175 Å². The van der Waals surface area contributed by atoms with E-state index in [0.717, 1.165) is 24.2 Å². The fourth-order valence-electron chi connectivity index (χ4n) is 4.03. The minimum absolute atomic E-state index is 0.181. The van der Waals surface area contributed by atoms with Crippen molar-refractivity contribution in [2.45, 2.75) is 63.5 Å². The van der Waals surface area contributed by atoms with Crippen LogP contribution in [0, 0.1) is 11.3 Å². The van der Waals surface area contributed by atoms with Gasteiger partial charge in [0.2, 0.25) is 11.8 Å². The largest absolute Gasteiger partial charge is 0.449 e. The number of likely N-dealkylation sites (N-methyl/N-ethyl adjacent to an activating group) is 1. The molecule has 1 aliphatic carbocycles. The van der Waals surface area contributed by atoms with Gasteiger partial charge in [-0.2, -0.15) is 5.26 Å². The molecule has 3 rings (SSSR count). The fraction of sp³-hybridized carbons (Fsp3) is 0.500. The highest BCUT2D eigenvalue weighted by Crippen LogP contribution is 2.33. The zero-order chi connectivity index (χ0) is 21.9. The zero-order valence-electron chi connectivity index (χ0n) is 17.2. The molecule has 1 heterocycles. The summed E-state index contributed by atoms with van der Waals surface area (Å²) in [7, 11) is 1.58. The van der Waals surface area contributed by atoms with Crippen LogP contribution < -0.4 is 4.90 Å². The topological polar surface area (TPSA) is 108 Å². The molecule has 2 fully saturated rings. The second-order valence-corrected chi connectivity index (χ2v) is 7.82. The highest BCUT2D eigenvalue weighted by molar-refractivity contribution is 6.19. The van der Waals surface area contributed by atoms with Gasteiger partial charge in [0.15, 0.2) is 6.10 Å². The summed E-state index contributed by atoms with van der Waals surface area (Å²) in [6, 6.07) is 8.20. The molecule has 3 amide bonds. The van der Waals surface area contributed by atoms with Gasteiger partial charge in [0.05, 0.1) is 17.3 Å². The Morgan fingerprint density at radius 3 is 2.20 bits per heavy atom. The standard InChI is InChI=1S/C22H25N3O5/c1-15(20(28)24(2)22(14-23)12-4-3-5-13-22)30-21(29)16-6-8-17(9-7-16)25-18(26)10-11-19(25)27/h6-9,15H,3-5,10-13H2,1-2H3/t15-/m0/s1. The summed E-state index contributed by atoms with van der Waals surface area (Å²) in [5, 5.41) is 9.65. The number of carbonyl (C=O) groups is 4. The number of imide groups is 1. The molecule has 30 heavy (non-hydrogen) atoms. The Bertz CT molecular complexity index is 880. The van der Waals surface area contributed by atoms with Crippen LogP contribution in [0.4, 0.5) is 5.69 Å². The fourth-order valence-corrected chi connectivity index (χ4v) is 4.03. The summed E-state index contributed by atoms with van der Waals surface area (Å²) in [4.78, 5) is 51.4. The first-order valence-corrected chi connectivity index (χ1v) is 10.1. The molecule has 0 bridgehead atoms. The van der Waals surface area contributed by atoms with E-state index in [0.29, 0.717) is 18.5 Å². The van der Waals surface area contributed by atoms with Crippen LogP contribution in [0.3, 0.4) is 0 Å². The minimum Gasteiger partial charge on any atom is -0.449 e. The molecule has 0 N–H and O–H groups in total. The Morgan fingerprint density at radius 1 is 1.10 bits per heavy atom. The summed E-state index contributed by atoms with van der Waals surface area (Å²) < 4.78 is 5.32. The maximum atomic E-state index is 12.8. The molecule has 0 radical (unpaired) electrons. The van der Waals surface area contributed by atoms with Gasteiger partial charge in [0.25, 0.3) is 5.91 Å². The molecular formula is C22H25N3O5. The third-order valence-electron chi connectivity index (χ3n) is 5.91. The number of carbonyl (C=O) groups excluding carboxylic acids is 4. The van der Waals surface area contributed by atoms with Crippen LogP contribution in [0.15, 0.2) is 24.3 Å². The molecule has 2 aliphatic rings. The zero-order valence-corrected chi connectivity index (χ0v) is 17.2. The number of nitriles is 1. The van der Waals surface area contributed by atoms with Gasteiger partial charge in [-0.3, -0.25) is 19.3 Å². The summed E-state index contributed by atoms with van der Waals surface area (Å²) in [5.41, 5.74) is -0.254. The third-order valence-corrected chi connectivity index (χ3v) is 5.91. The number of benzene rings is 1. The number of anilines is 1. The number of rotatable bonds is 5. The molecule has 1 aliphatic heterocycles. The van der Waals surface area contributed by atoms with E-state index in [-0.39, 0.29) is 30.2 Å². The predicted molar refractivity (Wildman–Crippen MR) is 107 cm³/mol. The summed E-state index contributed by atoms with van der Waals surface area (Å²) >= 11 is 0. The van der Waals surface area contributed by atoms with Crippen LogP contribution in [-0.4, -0.2) is 47.3 Å². The molecule has 8 nitrogen and oxygen atoms in total. The van der Waals surface area contributed by atoms with E-state index >= 15 is 0 Å². The lowest BCUT2D eigenvalue weighted by Crippen LogP contribution is -2.53. The molecule has 1 saturated carbocycles. The third kappa shape index (κ3) is 4.06. The van der Waals surface area contributed by atoms with Gasteiger partial charge in [0, 0.05) is 19.9 Å². The van der Waals surface area contributed by atoms with Gasteiger partial charge < -0.3 is 9.64 Å². The van der Waals surface area contributed by atoms with E-state index in [4.69, 9.17) is 4.74 Å². The van der Waals surface area contributed by atoms with Gasteiger partial charge in [-0.15, -0.1) is 0 Å². The molecule has 1 saturated heterocycles. The molecule has 8 heteroatoms. The second kappa shape index (κ2) is 8.66. The van der Waals surface area contributed by atoms with Crippen LogP contribution in [0.2, 0.25) is 0 Å². The molecule has 1 aromatic carbocycles. The van der Waals surface area contributed by atoms with E-state index in [1.54, 1.807) is 7.05 Å². The maximum Gasteiger partial charge on any atom is 0.338 e. The Balaban J connectivity index is 1.65. The first kappa shape index (κ1) is 21.5. The molecule has 158 valence electrons. The smallest absolute Gasteiger partial charge is 0.338 e. The molecule has 0 aromatic heterocycles. The van der Waals surface area contributed by atoms with Crippen molar-refractivity contribution in [2.75, 3.05) is 11.9 Å². The van der Waals surface area contributed by atoms with E-state index in [1.165, 1.54) is 36.1 Å². The van der Waals surface area contributed by atoms with Crippen molar-refractivity contribution < 1.29 is 23.9 Å². The first-order chi connectivity index (χ1) is 14.3. The lowest BCUT2D eigenvalue weighted by Gasteiger charge is -2.39. The van der Waals surface area contributed by atoms with Crippen LogP contribution >= 0.6 is 0 Å². The lowest BCUT2D eigenvalue weighted by atomic mass is 9.81. The second-order valence-electron chi connectivity index (χ2n) is 7.82. The van der Waals surface area contributed by atoms with Crippen molar-refractivity contribution in [3.8, 4) is 6.07 Å². The van der Waals surface area contributed by atoms with Gasteiger partial charge >= 0.3 is 5.97 Å². The number of nitrogens with zero attached hydrogens (tertiary/aromatic N) is 3. The number of hydrogen-bond acceptors (Lipinski definition) is 6. The van der Waals surface area contributed by atoms with Gasteiger partial charge in [-0.25, -0.2) is 4.79 Å². The van der Waals surface area contributed by atoms with Crippen molar-refractivity contribution in [1.82, 2.24) is 4.90 Å².